The molecule has 1 heterocycles. The Morgan fingerprint density at radius 2 is 2.25 bits per heavy atom. The minimum Gasteiger partial charge on any atom is -0.298 e. The zero-order valence-corrected chi connectivity index (χ0v) is 11.1. The molecule has 0 aromatic heterocycles. The van der Waals surface area contributed by atoms with Crippen LogP contribution in [0.15, 0.2) is 0 Å². The predicted octanol–water partition coefficient (Wildman–Crippen LogP) is 2.14. The van der Waals surface area contributed by atoms with Crippen LogP contribution in [-0.4, -0.2) is 35.6 Å². The molecule has 3 heteroatoms. The standard InChI is InChI=1S/C13H25N3/c1-5-12-7-6-8-16(12)10-13(4,9-14)15-11(2)3/h11-12,15H,5-8,10H2,1-4H3. The summed E-state index contributed by atoms with van der Waals surface area (Å²) in [5, 5.41) is 12.7. The van der Waals surface area contributed by atoms with Crippen LogP contribution in [0.4, 0.5) is 0 Å². The monoisotopic (exact) mass is 223 g/mol. The van der Waals surface area contributed by atoms with E-state index in [9.17, 15) is 5.26 Å². The summed E-state index contributed by atoms with van der Waals surface area (Å²) in [6, 6.07) is 3.46. The van der Waals surface area contributed by atoms with Crippen LogP contribution < -0.4 is 5.32 Å². The highest BCUT2D eigenvalue weighted by atomic mass is 15.2. The topological polar surface area (TPSA) is 39.1 Å². The minimum atomic E-state index is -0.411. The molecule has 1 saturated heterocycles. The fourth-order valence-corrected chi connectivity index (χ4v) is 2.72. The maximum atomic E-state index is 9.31. The van der Waals surface area contributed by atoms with Gasteiger partial charge in [0.05, 0.1) is 6.07 Å². The molecule has 0 saturated carbocycles. The summed E-state index contributed by atoms with van der Waals surface area (Å²) in [6.45, 7) is 10.4. The fraction of sp³-hybridized carbons (Fsp3) is 0.923. The highest BCUT2D eigenvalue weighted by Crippen LogP contribution is 2.22. The van der Waals surface area contributed by atoms with Gasteiger partial charge < -0.3 is 0 Å². The Morgan fingerprint density at radius 1 is 1.56 bits per heavy atom. The zero-order chi connectivity index (χ0) is 12.2. The van der Waals surface area contributed by atoms with Crippen LogP contribution in [0.3, 0.4) is 0 Å². The molecule has 0 radical (unpaired) electrons. The number of nitrogens with zero attached hydrogens (tertiary/aromatic N) is 2. The summed E-state index contributed by atoms with van der Waals surface area (Å²) in [7, 11) is 0. The number of nitriles is 1. The molecule has 0 aliphatic carbocycles. The van der Waals surface area contributed by atoms with E-state index in [1.807, 2.05) is 6.92 Å². The fourth-order valence-electron chi connectivity index (χ4n) is 2.72. The van der Waals surface area contributed by atoms with Crippen LogP contribution in [-0.2, 0) is 0 Å². The molecule has 2 atom stereocenters. The number of hydrogen-bond acceptors (Lipinski definition) is 3. The average Bonchev–Trinajstić information content (AvgIpc) is 2.63. The van der Waals surface area contributed by atoms with E-state index in [1.165, 1.54) is 19.3 Å². The van der Waals surface area contributed by atoms with Crippen molar-refractivity contribution in [3.63, 3.8) is 0 Å². The lowest BCUT2D eigenvalue weighted by molar-refractivity contribution is 0.195. The van der Waals surface area contributed by atoms with Crippen molar-refractivity contribution in [1.82, 2.24) is 10.2 Å². The lowest BCUT2D eigenvalue weighted by Gasteiger charge is -2.33. The first kappa shape index (κ1) is 13.5. The number of hydrogen-bond donors (Lipinski definition) is 1. The van der Waals surface area contributed by atoms with E-state index in [4.69, 9.17) is 0 Å². The molecule has 1 N–H and O–H groups in total. The normalized spacial score (nSPS) is 25.6. The second-order valence-corrected chi connectivity index (χ2v) is 5.42. The van der Waals surface area contributed by atoms with E-state index in [1.54, 1.807) is 0 Å². The third-order valence-corrected chi connectivity index (χ3v) is 3.34. The molecule has 0 spiro atoms. The van der Waals surface area contributed by atoms with Crippen LogP contribution in [0.25, 0.3) is 0 Å². The highest BCUT2D eigenvalue weighted by molar-refractivity contribution is 5.07. The summed E-state index contributed by atoms with van der Waals surface area (Å²) < 4.78 is 0. The Bertz CT molecular complexity index is 256. The van der Waals surface area contributed by atoms with Crippen molar-refractivity contribution < 1.29 is 0 Å². The molecule has 1 rings (SSSR count). The summed E-state index contributed by atoms with van der Waals surface area (Å²) in [5.41, 5.74) is -0.411. The molecule has 16 heavy (non-hydrogen) atoms. The van der Waals surface area contributed by atoms with Crippen molar-refractivity contribution in [1.29, 1.82) is 5.26 Å². The van der Waals surface area contributed by atoms with E-state index in [2.05, 4.69) is 37.1 Å². The Kier molecular flexibility index (Phi) is 4.76. The molecule has 1 aliphatic heterocycles. The van der Waals surface area contributed by atoms with Gasteiger partial charge in [0.2, 0.25) is 0 Å². The predicted molar refractivity (Wildman–Crippen MR) is 67.2 cm³/mol. The Balaban J connectivity index is 2.59. The first-order valence-corrected chi connectivity index (χ1v) is 6.43. The summed E-state index contributed by atoms with van der Waals surface area (Å²) in [5.74, 6) is 0. The first-order valence-electron chi connectivity index (χ1n) is 6.43. The van der Waals surface area contributed by atoms with Gasteiger partial charge in [0.25, 0.3) is 0 Å². The van der Waals surface area contributed by atoms with E-state index >= 15 is 0 Å². The Hall–Kier alpha value is -0.590. The van der Waals surface area contributed by atoms with E-state index in [0.29, 0.717) is 12.1 Å². The second kappa shape index (κ2) is 5.65. The van der Waals surface area contributed by atoms with Crippen molar-refractivity contribution in [2.45, 2.75) is 64.6 Å². The van der Waals surface area contributed by atoms with Crippen LogP contribution in [0.5, 0.6) is 0 Å². The van der Waals surface area contributed by atoms with E-state index < -0.39 is 5.54 Å². The Labute approximate surface area is 99.8 Å². The summed E-state index contributed by atoms with van der Waals surface area (Å²) in [6.07, 6.45) is 3.77. The average molecular weight is 223 g/mol. The van der Waals surface area contributed by atoms with Gasteiger partial charge in [0.1, 0.15) is 5.54 Å². The number of rotatable bonds is 5. The van der Waals surface area contributed by atoms with Crippen LogP contribution in [0.1, 0.15) is 47.0 Å². The smallest absolute Gasteiger partial charge is 0.116 e. The lowest BCUT2D eigenvalue weighted by atomic mass is 10.0. The van der Waals surface area contributed by atoms with Crippen molar-refractivity contribution in [2.24, 2.45) is 0 Å². The SMILES string of the molecule is CCC1CCCN1CC(C)(C#N)NC(C)C. The maximum absolute atomic E-state index is 9.31. The molecule has 0 amide bonds. The molecule has 3 nitrogen and oxygen atoms in total. The van der Waals surface area contributed by atoms with Gasteiger partial charge in [-0.3, -0.25) is 10.2 Å². The lowest BCUT2D eigenvalue weighted by Crippen LogP contribution is -2.53. The summed E-state index contributed by atoms with van der Waals surface area (Å²) >= 11 is 0. The largest absolute Gasteiger partial charge is 0.298 e. The molecule has 1 fully saturated rings. The van der Waals surface area contributed by atoms with Gasteiger partial charge in [-0.1, -0.05) is 6.92 Å². The quantitative estimate of drug-likeness (QED) is 0.776. The van der Waals surface area contributed by atoms with Gasteiger partial charge in [0.15, 0.2) is 0 Å². The molecule has 2 unspecified atom stereocenters. The minimum absolute atomic E-state index is 0.354. The van der Waals surface area contributed by atoms with Gasteiger partial charge in [-0.2, -0.15) is 5.26 Å². The molecule has 0 aromatic rings. The number of likely N-dealkylation sites (tertiary alicyclic amines) is 1. The van der Waals surface area contributed by atoms with Gasteiger partial charge in [-0.15, -0.1) is 0 Å². The van der Waals surface area contributed by atoms with Gasteiger partial charge in [0, 0.05) is 18.6 Å². The van der Waals surface area contributed by atoms with Crippen molar-refractivity contribution >= 4 is 0 Å². The van der Waals surface area contributed by atoms with Crippen molar-refractivity contribution in [3.8, 4) is 6.07 Å². The highest BCUT2D eigenvalue weighted by Gasteiger charge is 2.32. The zero-order valence-electron chi connectivity index (χ0n) is 11.1. The third kappa shape index (κ3) is 3.47. The third-order valence-electron chi connectivity index (χ3n) is 3.34. The molecular formula is C13H25N3. The maximum Gasteiger partial charge on any atom is 0.116 e. The van der Waals surface area contributed by atoms with Crippen molar-refractivity contribution in [2.75, 3.05) is 13.1 Å². The van der Waals surface area contributed by atoms with Crippen LogP contribution in [0, 0.1) is 11.3 Å². The van der Waals surface area contributed by atoms with Gasteiger partial charge in [-0.25, -0.2) is 0 Å². The van der Waals surface area contributed by atoms with Crippen LogP contribution in [0.2, 0.25) is 0 Å². The van der Waals surface area contributed by atoms with Gasteiger partial charge in [-0.05, 0) is 46.6 Å². The first-order chi connectivity index (χ1) is 7.50. The van der Waals surface area contributed by atoms with Crippen molar-refractivity contribution in [3.05, 3.63) is 0 Å². The molecule has 0 aromatic carbocycles. The molecular weight excluding hydrogens is 198 g/mol. The molecule has 92 valence electrons. The summed E-state index contributed by atoms with van der Waals surface area (Å²) in [4.78, 5) is 2.47. The molecule has 1 aliphatic rings. The molecule has 0 bridgehead atoms. The van der Waals surface area contributed by atoms with Gasteiger partial charge >= 0.3 is 0 Å². The number of nitrogens with one attached hydrogen (secondary N) is 1. The van der Waals surface area contributed by atoms with E-state index in [0.717, 1.165) is 13.1 Å². The van der Waals surface area contributed by atoms with Crippen LogP contribution >= 0.6 is 0 Å². The second-order valence-electron chi connectivity index (χ2n) is 5.42. The van der Waals surface area contributed by atoms with E-state index in [-0.39, 0.29) is 0 Å². The Morgan fingerprint density at radius 3 is 2.75 bits per heavy atom.